The molecule has 6 nitrogen and oxygen atoms in total. The molecule has 1 fully saturated rings. The summed E-state index contributed by atoms with van der Waals surface area (Å²) in [5, 5.41) is 5.42. The quantitative estimate of drug-likeness (QED) is 0.396. The lowest BCUT2D eigenvalue weighted by Crippen LogP contribution is -2.37. The molecular weight excluding hydrogens is 438 g/mol. The molecule has 0 atom stereocenters. The van der Waals surface area contributed by atoms with Crippen LogP contribution in [-0.4, -0.2) is 28.5 Å². The van der Waals surface area contributed by atoms with Crippen LogP contribution in [0.1, 0.15) is 49.9 Å². The van der Waals surface area contributed by atoms with E-state index in [1.807, 2.05) is 6.92 Å². The van der Waals surface area contributed by atoms with Crippen LogP contribution in [0, 0.1) is 17.6 Å². The largest absolute Gasteiger partial charge is 0.493 e. The highest BCUT2D eigenvalue weighted by Gasteiger charge is 2.23. The lowest BCUT2D eigenvalue weighted by Gasteiger charge is -2.27. The second kappa shape index (κ2) is 9.32. The number of imidazole rings is 1. The van der Waals surface area contributed by atoms with Crippen LogP contribution in [0.2, 0.25) is 5.02 Å². The number of benzene rings is 2. The fraction of sp³-hybridized carbons (Fsp3) is 0.391. The average molecular weight is 463 g/mol. The lowest BCUT2D eigenvalue weighted by atomic mass is 9.87. The summed E-state index contributed by atoms with van der Waals surface area (Å²) >= 11 is 5.89. The van der Waals surface area contributed by atoms with Crippen molar-refractivity contribution >= 4 is 40.2 Å². The van der Waals surface area contributed by atoms with Crippen molar-refractivity contribution in [2.24, 2.45) is 5.92 Å². The standard InChI is InChI=1S/C23H25ClF2N4O2/c1-3-32-19-11-18-17(10-14(19)22(31)27-13-6-4-12(2)5-7-13)28-23(29-18)30-21-16(26)9-8-15(25)20(21)24/h8-13H,3-7H2,1-2H3,(H,27,31)(H2,28,29,30)/t12-,13-. The van der Waals surface area contributed by atoms with E-state index in [1.54, 1.807) is 12.1 Å². The molecule has 0 radical (unpaired) electrons. The highest BCUT2D eigenvalue weighted by atomic mass is 35.5. The van der Waals surface area contributed by atoms with E-state index in [2.05, 4.69) is 27.5 Å². The predicted octanol–water partition coefficient (Wildman–Crippen LogP) is 5.95. The molecule has 2 aromatic carbocycles. The molecule has 0 unspecified atom stereocenters. The molecule has 1 aromatic heterocycles. The first-order valence-electron chi connectivity index (χ1n) is 10.7. The third kappa shape index (κ3) is 4.65. The van der Waals surface area contributed by atoms with E-state index in [-0.39, 0.29) is 28.6 Å². The van der Waals surface area contributed by atoms with Gasteiger partial charge in [0, 0.05) is 12.1 Å². The van der Waals surface area contributed by atoms with E-state index in [0.29, 0.717) is 34.9 Å². The van der Waals surface area contributed by atoms with Crippen molar-refractivity contribution in [3.8, 4) is 5.75 Å². The summed E-state index contributed by atoms with van der Waals surface area (Å²) in [4.78, 5) is 20.4. The number of aromatic amines is 1. The number of carbonyl (C=O) groups is 1. The van der Waals surface area contributed by atoms with E-state index in [1.165, 1.54) is 0 Å². The van der Waals surface area contributed by atoms with Gasteiger partial charge in [-0.05, 0) is 56.7 Å². The molecule has 9 heteroatoms. The predicted molar refractivity (Wildman–Crippen MR) is 121 cm³/mol. The molecule has 1 amide bonds. The number of ether oxygens (including phenoxy) is 1. The molecule has 1 heterocycles. The number of amides is 1. The molecule has 0 spiro atoms. The SMILES string of the molecule is CCOc1cc2[nH]c(Nc3c(F)ccc(F)c3Cl)nc2cc1C(=O)N[C@H]1CC[C@H](C)CC1. The fourth-order valence-corrected chi connectivity index (χ4v) is 4.18. The number of rotatable bonds is 6. The highest BCUT2D eigenvalue weighted by molar-refractivity contribution is 6.33. The number of carbonyl (C=O) groups excluding carboxylic acids is 1. The van der Waals surface area contributed by atoms with Crippen LogP contribution >= 0.6 is 11.6 Å². The Kier molecular flexibility index (Phi) is 6.50. The van der Waals surface area contributed by atoms with Crippen LogP contribution < -0.4 is 15.4 Å². The maximum absolute atomic E-state index is 14.1. The number of anilines is 2. The summed E-state index contributed by atoms with van der Waals surface area (Å²) in [6, 6.07) is 5.38. The van der Waals surface area contributed by atoms with Gasteiger partial charge in [0.15, 0.2) is 0 Å². The van der Waals surface area contributed by atoms with Gasteiger partial charge in [-0.25, -0.2) is 13.8 Å². The molecule has 1 aliphatic rings. The summed E-state index contributed by atoms with van der Waals surface area (Å²) in [6.07, 6.45) is 4.09. The van der Waals surface area contributed by atoms with Crippen LogP contribution in [0.4, 0.5) is 20.4 Å². The molecule has 4 rings (SSSR count). The molecular formula is C23H25ClF2N4O2. The first kappa shape index (κ1) is 22.3. The van der Waals surface area contributed by atoms with Crippen LogP contribution in [0.15, 0.2) is 24.3 Å². The number of halogens is 3. The molecule has 1 saturated carbocycles. The van der Waals surface area contributed by atoms with Crippen molar-refractivity contribution in [3.63, 3.8) is 0 Å². The van der Waals surface area contributed by atoms with Crippen molar-refractivity contribution in [1.82, 2.24) is 15.3 Å². The van der Waals surface area contributed by atoms with Gasteiger partial charge in [-0.3, -0.25) is 4.79 Å². The van der Waals surface area contributed by atoms with E-state index < -0.39 is 11.6 Å². The maximum atomic E-state index is 14.1. The van der Waals surface area contributed by atoms with Gasteiger partial charge >= 0.3 is 0 Å². The Hall–Kier alpha value is -2.87. The maximum Gasteiger partial charge on any atom is 0.255 e. The Balaban J connectivity index is 1.62. The van der Waals surface area contributed by atoms with Gasteiger partial charge in [-0.15, -0.1) is 0 Å². The molecule has 32 heavy (non-hydrogen) atoms. The lowest BCUT2D eigenvalue weighted by molar-refractivity contribution is 0.0919. The van der Waals surface area contributed by atoms with Crippen LogP contribution in [-0.2, 0) is 0 Å². The molecule has 170 valence electrons. The Morgan fingerprint density at radius 3 is 2.66 bits per heavy atom. The summed E-state index contributed by atoms with van der Waals surface area (Å²) in [6.45, 7) is 4.45. The summed E-state index contributed by atoms with van der Waals surface area (Å²) < 4.78 is 33.5. The van der Waals surface area contributed by atoms with Crippen molar-refractivity contribution in [3.05, 3.63) is 46.5 Å². The number of nitrogens with one attached hydrogen (secondary N) is 3. The number of H-pyrrole nitrogens is 1. The van der Waals surface area contributed by atoms with Gasteiger partial charge in [0.25, 0.3) is 5.91 Å². The summed E-state index contributed by atoms with van der Waals surface area (Å²) in [5.74, 6) is -0.411. The molecule has 3 aromatic rings. The van der Waals surface area contributed by atoms with Crippen molar-refractivity contribution in [2.45, 2.75) is 45.6 Å². The van der Waals surface area contributed by atoms with Crippen molar-refractivity contribution < 1.29 is 18.3 Å². The number of hydrogen-bond donors (Lipinski definition) is 3. The third-order valence-electron chi connectivity index (χ3n) is 5.77. The molecule has 0 bridgehead atoms. The fourth-order valence-electron chi connectivity index (χ4n) is 3.98. The normalized spacial score (nSPS) is 18.5. The summed E-state index contributed by atoms with van der Waals surface area (Å²) in [5.41, 5.74) is 1.21. The molecule has 0 saturated heterocycles. The first-order valence-corrected chi connectivity index (χ1v) is 11.1. The number of aromatic nitrogens is 2. The minimum Gasteiger partial charge on any atom is -0.493 e. The van der Waals surface area contributed by atoms with Gasteiger partial charge in [0.05, 0.1) is 28.9 Å². The minimum absolute atomic E-state index is 0.137. The second-order valence-electron chi connectivity index (χ2n) is 8.16. The minimum atomic E-state index is -0.749. The Morgan fingerprint density at radius 1 is 1.22 bits per heavy atom. The topological polar surface area (TPSA) is 79.0 Å². The number of hydrogen-bond acceptors (Lipinski definition) is 4. The van der Waals surface area contributed by atoms with Crippen molar-refractivity contribution in [2.75, 3.05) is 11.9 Å². The zero-order valence-corrected chi connectivity index (χ0v) is 18.7. The van der Waals surface area contributed by atoms with E-state index in [4.69, 9.17) is 16.3 Å². The number of fused-ring (bicyclic) bond motifs is 1. The molecule has 0 aliphatic heterocycles. The monoisotopic (exact) mass is 462 g/mol. The van der Waals surface area contributed by atoms with Gasteiger partial charge in [-0.1, -0.05) is 18.5 Å². The van der Waals surface area contributed by atoms with Gasteiger partial charge in [0.1, 0.15) is 22.4 Å². The van der Waals surface area contributed by atoms with Crippen molar-refractivity contribution in [1.29, 1.82) is 0 Å². The van der Waals surface area contributed by atoms with Crippen LogP contribution in [0.3, 0.4) is 0 Å². The third-order valence-corrected chi connectivity index (χ3v) is 6.14. The van der Waals surface area contributed by atoms with Gasteiger partial charge in [-0.2, -0.15) is 0 Å². The van der Waals surface area contributed by atoms with Crippen LogP contribution in [0.25, 0.3) is 11.0 Å². The van der Waals surface area contributed by atoms with E-state index in [9.17, 15) is 13.6 Å². The van der Waals surface area contributed by atoms with Crippen LogP contribution in [0.5, 0.6) is 5.75 Å². The Labute approximate surface area is 189 Å². The van der Waals surface area contributed by atoms with E-state index in [0.717, 1.165) is 37.8 Å². The van der Waals surface area contributed by atoms with Gasteiger partial charge in [0.2, 0.25) is 5.95 Å². The zero-order chi connectivity index (χ0) is 22.8. The average Bonchev–Trinajstić information content (AvgIpc) is 3.16. The van der Waals surface area contributed by atoms with E-state index >= 15 is 0 Å². The number of nitrogens with zero attached hydrogens (tertiary/aromatic N) is 1. The van der Waals surface area contributed by atoms with Gasteiger partial charge < -0.3 is 20.4 Å². The molecule has 1 aliphatic carbocycles. The Bertz CT molecular complexity index is 1140. The zero-order valence-electron chi connectivity index (χ0n) is 17.9. The second-order valence-corrected chi connectivity index (χ2v) is 8.54. The summed E-state index contributed by atoms with van der Waals surface area (Å²) in [7, 11) is 0. The highest BCUT2D eigenvalue weighted by Crippen LogP contribution is 2.32. The smallest absolute Gasteiger partial charge is 0.255 e. The first-order chi connectivity index (χ1) is 15.4. The Morgan fingerprint density at radius 2 is 1.94 bits per heavy atom. The molecule has 3 N–H and O–H groups in total.